The number of hydrogen-bond donors (Lipinski definition) is 1. The Morgan fingerprint density at radius 2 is 1.77 bits per heavy atom. The average molecular weight is 488 g/mol. The van der Waals surface area contributed by atoms with E-state index in [4.69, 9.17) is 11.6 Å². The molecule has 2 heterocycles. The van der Waals surface area contributed by atoms with Crippen LogP contribution in [0.4, 0.5) is 5.82 Å². The molecule has 4 rings (SSSR count). The predicted molar refractivity (Wildman–Crippen MR) is 135 cm³/mol. The molecule has 0 saturated carbocycles. The smallest absolute Gasteiger partial charge is 0.253 e. The highest BCUT2D eigenvalue weighted by Gasteiger charge is 2.26. The Labute approximate surface area is 209 Å². The van der Waals surface area contributed by atoms with Crippen LogP contribution in [0.2, 0.25) is 5.02 Å². The van der Waals surface area contributed by atoms with E-state index in [1.165, 1.54) is 0 Å². The van der Waals surface area contributed by atoms with E-state index in [-0.39, 0.29) is 18.2 Å². The van der Waals surface area contributed by atoms with E-state index in [1.807, 2.05) is 35.2 Å². The van der Waals surface area contributed by atoms with Crippen LogP contribution in [0.25, 0.3) is 0 Å². The summed E-state index contributed by atoms with van der Waals surface area (Å²) in [6, 6.07) is 21.5. The van der Waals surface area contributed by atoms with Gasteiger partial charge in [0.25, 0.3) is 5.91 Å². The van der Waals surface area contributed by atoms with E-state index >= 15 is 0 Å². The number of nitriles is 1. The first kappa shape index (κ1) is 24.2. The van der Waals surface area contributed by atoms with E-state index < -0.39 is 6.04 Å². The molecule has 3 aromatic rings. The van der Waals surface area contributed by atoms with Crippen LogP contribution in [0.3, 0.4) is 0 Å². The Morgan fingerprint density at radius 1 is 1.00 bits per heavy atom. The van der Waals surface area contributed by atoms with Gasteiger partial charge < -0.3 is 15.1 Å². The van der Waals surface area contributed by atoms with Gasteiger partial charge in [0.15, 0.2) is 0 Å². The number of nitrogens with one attached hydrogen (secondary N) is 1. The van der Waals surface area contributed by atoms with Crippen molar-refractivity contribution in [1.82, 2.24) is 15.2 Å². The van der Waals surface area contributed by atoms with E-state index in [0.29, 0.717) is 48.1 Å². The third-order valence-electron chi connectivity index (χ3n) is 6.06. The number of nitrogens with zero attached hydrogens (tertiary/aromatic N) is 4. The minimum atomic E-state index is -0.493. The Kier molecular flexibility index (Phi) is 7.96. The van der Waals surface area contributed by atoms with Crippen molar-refractivity contribution in [2.45, 2.75) is 18.9 Å². The van der Waals surface area contributed by atoms with Crippen LogP contribution < -0.4 is 10.2 Å². The molecule has 0 radical (unpaired) electrons. The molecular weight excluding hydrogens is 462 g/mol. The maximum Gasteiger partial charge on any atom is 0.253 e. The summed E-state index contributed by atoms with van der Waals surface area (Å²) < 4.78 is 0. The molecule has 2 amide bonds. The minimum absolute atomic E-state index is 0.0401. The van der Waals surface area contributed by atoms with Crippen molar-refractivity contribution >= 4 is 29.2 Å². The predicted octanol–water partition coefficient (Wildman–Crippen LogP) is 4.21. The van der Waals surface area contributed by atoms with Crippen molar-refractivity contribution < 1.29 is 9.59 Å². The number of rotatable bonds is 6. The molecule has 1 N–H and O–H groups in total. The summed E-state index contributed by atoms with van der Waals surface area (Å²) >= 11 is 6.21. The quantitative estimate of drug-likeness (QED) is 0.562. The zero-order valence-corrected chi connectivity index (χ0v) is 20.0. The van der Waals surface area contributed by atoms with Gasteiger partial charge in [0.05, 0.1) is 28.6 Å². The molecule has 1 atom stereocenters. The molecule has 1 saturated heterocycles. The van der Waals surface area contributed by atoms with Gasteiger partial charge in [0.1, 0.15) is 11.9 Å². The van der Waals surface area contributed by atoms with Gasteiger partial charge in [-0.1, -0.05) is 54.1 Å². The topological polar surface area (TPSA) is 89.3 Å². The van der Waals surface area contributed by atoms with Crippen molar-refractivity contribution in [3.63, 3.8) is 0 Å². The zero-order chi connectivity index (χ0) is 24.6. The number of benzene rings is 2. The first-order valence-corrected chi connectivity index (χ1v) is 11.9. The van der Waals surface area contributed by atoms with Crippen molar-refractivity contribution in [3.05, 3.63) is 94.6 Å². The molecule has 1 aromatic heterocycles. The van der Waals surface area contributed by atoms with Gasteiger partial charge in [-0.2, -0.15) is 5.26 Å². The summed E-state index contributed by atoms with van der Waals surface area (Å²) in [5, 5.41) is 12.8. The number of halogens is 1. The molecule has 1 fully saturated rings. The fourth-order valence-corrected chi connectivity index (χ4v) is 4.46. The molecule has 1 unspecified atom stereocenters. The van der Waals surface area contributed by atoms with Crippen LogP contribution in [0.15, 0.2) is 72.9 Å². The van der Waals surface area contributed by atoms with Crippen LogP contribution >= 0.6 is 11.6 Å². The van der Waals surface area contributed by atoms with E-state index in [2.05, 4.69) is 21.3 Å². The second kappa shape index (κ2) is 11.5. The monoisotopic (exact) mass is 487 g/mol. The second-order valence-electron chi connectivity index (χ2n) is 8.33. The Bertz CT molecular complexity index is 1230. The number of hydrogen-bond acceptors (Lipinski definition) is 5. The number of anilines is 1. The van der Waals surface area contributed by atoms with Crippen LogP contribution in [-0.4, -0.2) is 47.9 Å². The molecule has 35 heavy (non-hydrogen) atoms. The third kappa shape index (κ3) is 5.97. The SMILES string of the molecule is N#Cc1cccnc1N1CCCN(C(=O)CC(NC(=O)c2ccccc2Cl)c2ccccc2)CC1. The third-order valence-corrected chi connectivity index (χ3v) is 6.39. The second-order valence-corrected chi connectivity index (χ2v) is 8.74. The van der Waals surface area contributed by atoms with Gasteiger partial charge in [0.2, 0.25) is 5.91 Å². The molecule has 1 aliphatic rings. The largest absolute Gasteiger partial charge is 0.354 e. The van der Waals surface area contributed by atoms with E-state index in [9.17, 15) is 14.9 Å². The summed E-state index contributed by atoms with van der Waals surface area (Å²) in [5.74, 6) is 0.290. The molecule has 0 aliphatic carbocycles. The number of carbonyl (C=O) groups excluding carboxylic acids is 2. The van der Waals surface area contributed by atoms with Gasteiger partial charge in [0, 0.05) is 32.4 Å². The normalized spacial score (nSPS) is 14.5. The zero-order valence-electron chi connectivity index (χ0n) is 19.2. The van der Waals surface area contributed by atoms with Crippen molar-refractivity contribution in [2.75, 3.05) is 31.1 Å². The fraction of sp³-hybridized carbons (Fsp3) is 0.259. The summed E-state index contributed by atoms with van der Waals surface area (Å²) in [4.78, 5) is 34.6. The van der Waals surface area contributed by atoms with Gasteiger partial charge in [-0.15, -0.1) is 0 Å². The number of pyridine rings is 1. The highest BCUT2D eigenvalue weighted by molar-refractivity contribution is 6.33. The van der Waals surface area contributed by atoms with Crippen LogP contribution in [0, 0.1) is 11.3 Å². The fourth-order valence-electron chi connectivity index (χ4n) is 4.24. The lowest BCUT2D eigenvalue weighted by atomic mass is 10.0. The molecule has 7 nitrogen and oxygen atoms in total. The molecule has 0 spiro atoms. The summed E-state index contributed by atoms with van der Waals surface area (Å²) in [7, 11) is 0. The molecule has 1 aliphatic heterocycles. The maximum atomic E-state index is 13.3. The van der Waals surface area contributed by atoms with Crippen molar-refractivity contribution in [3.8, 4) is 6.07 Å². The van der Waals surface area contributed by atoms with Gasteiger partial charge in [-0.05, 0) is 36.2 Å². The van der Waals surface area contributed by atoms with Gasteiger partial charge in [-0.3, -0.25) is 9.59 Å². The highest BCUT2D eigenvalue weighted by atomic mass is 35.5. The molecule has 178 valence electrons. The molecule has 8 heteroatoms. The van der Waals surface area contributed by atoms with Crippen LogP contribution in [-0.2, 0) is 4.79 Å². The Morgan fingerprint density at radius 3 is 2.54 bits per heavy atom. The number of aromatic nitrogens is 1. The first-order chi connectivity index (χ1) is 17.1. The number of amides is 2. The van der Waals surface area contributed by atoms with Crippen molar-refractivity contribution in [2.24, 2.45) is 0 Å². The lowest BCUT2D eigenvalue weighted by molar-refractivity contribution is -0.131. The Hall–Kier alpha value is -3.89. The van der Waals surface area contributed by atoms with Crippen LogP contribution in [0.5, 0.6) is 0 Å². The highest BCUT2D eigenvalue weighted by Crippen LogP contribution is 2.23. The van der Waals surface area contributed by atoms with Crippen molar-refractivity contribution in [1.29, 1.82) is 5.26 Å². The van der Waals surface area contributed by atoms with Gasteiger partial charge in [-0.25, -0.2) is 4.98 Å². The van der Waals surface area contributed by atoms with Gasteiger partial charge >= 0.3 is 0 Å². The average Bonchev–Trinajstić information content (AvgIpc) is 3.15. The van der Waals surface area contributed by atoms with E-state index in [1.54, 1.807) is 42.6 Å². The number of carbonyl (C=O) groups is 2. The maximum absolute atomic E-state index is 13.3. The summed E-state index contributed by atoms with van der Waals surface area (Å²) in [6.07, 6.45) is 2.57. The lowest BCUT2D eigenvalue weighted by Gasteiger charge is -2.26. The summed E-state index contributed by atoms with van der Waals surface area (Å²) in [5.41, 5.74) is 1.75. The molecular formula is C27H26ClN5O2. The van der Waals surface area contributed by atoms with Crippen LogP contribution in [0.1, 0.15) is 40.4 Å². The Balaban J connectivity index is 1.46. The molecule has 2 aromatic carbocycles. The molecule has 0 bridgehead atoms. The summed E-state index contributed by atoms with van der Waals surface area (Å²) in [6.45, 7) is 2.41. The first-order valence-electron chi connectivity index (χ1n) is 11.5. The minimum Gasteiger partial charge on any atom is -0.354 e. The van der Waals surface area contributed by atoms with E-state index in [0.717, 1.165) is 12.0 Å². The lowest BCUT2D eigenvalue weighted by Crippen LogP contribution is -2.38. The standard InChI is InChI=1S/C27H26ClN5O2/c28-23-12-5-4-11-22(23)27(35)31-24(20-8-2-1-3-9-20)18-25(34)32-14-7-15-33(17-16-32)26-21(19-29)10-6-13-30-26/h1-6,8-13,24H,7,14-18H2,(H,31,35).